The molecule has 21 heavy (non-hydrogen) atoms. The minimum absolute atomic E-state index is 0.168. The summed E-state index contributed by atoms with van der Waals surface area (Å²) >= 11 is 0. The van der Waals surface area contributed by atoms with Gasteiger partial charge in [0, 0.05) is 18.7 Å². The Morgan fingerprint density at radius 2 is 2.00 bits per heavy atom. The van der Waals surface area contributed by atoms with Gasteiger partial charge in [-0.3, -0.25) is 4.79 Å². The van der Waals surface area contributed by atoms with Crippen molar-refractivity contribution in [3.8, 4) is 11.5 Å². The highest BCUT2D eigenvalue weighted by Crippen LogP contribution is 2.38. The Hall–Kier alpha value is -1.95. The number of benzene rings is 1. The van der Waals surface area contributed by atoms with E-state index in [9.17, 15) is 4.79 Å². The summed E-state index contributed by atoms with van der Waals surface area (Å²) in [5.74, 6) is 1.48. The van der Waals surface area contributed by atoms with Crippen LogP contribution in [0.4, 0.5) is 11.4 Å². The van der Waals surface area contributed by atoms with Crippen LogP contribution in [0.15, 0.2) is 12.1 Å². The SMILES string of the molecule is CC(C)CCOC(C)C(=O)Nc1cc2c(cc1N)OCO2. The van der Waals surface area contributed by atoms with E-state index in [4.69, 9.17) is 19.9 Å². The summed E-state index contributed by atoms with van der Waals surface area (Å²) in [6.45, 7) is 6.67. The number of rotatable bonds is 6. The average molecular weight is 294 g/mol. The third kappa shape index (κ3) is 4.01. The number of carbonyl (C=O) groups is 1. The number of nitrogens with two attached hydrogens (primary N) is 1. The fourth-order valence-electron chi connectivity index (χ4n) is 1.86. The summed E-state index contributed by atoms with van der Waals surface area (Å²) in [7, 11) is 0. The van der Waals surface area contributed by atoms with E-state index in [1.807, 2.05) is 0 Å². The van der Waals surface area contributed by atoms with Crippen LogP contribution in [-0.2, 0) is 9.53 Å². The molecular weight excluding hydrogens is 272 g/mol. The lowest BCUT2D eigenvalue weighted by atomic mass is 10.1. The van der Waals surface area contributed by atoms with Crippen molar-refractivity contribution in [2.24, 2.45) is 5.92 Å². The van der Waals surface area contributed by atoms with E-state index in [1.165, 1.54) is 0 Å². The van der Waals surface area contributed by atoms with Crippen LogP contribution < -0.4 is 20.5 Å². The molecule has 1 aromatic carbocycles. The molecule has 0 saturated heterocycles. The Balaban J connectivity index is 1.93. The normalized spacial score (nSPS) is 14.3. The number of nitrogens with one attached hydrogen (secondary N) is 1. The predicted molar refractivity (Wildman–Crippen MR) is 80.5 cm³/mol. The molecule has 1 aromatic rings. The molecule has 0 aliphatic carbocycles. The quantitative estimate of drug-likeness (QED) is 0.787. The molecule has 0 bridgehead atoms. The van der Waals surface area contributed by atoms with Gasteiger partial charge in [0.25, 0.3) is 5.91 Å². The zero-order valence-corrected chi connectivity index (χ0v) is 12.6. The van der Waals surface area contributed by atoms with Crippen LogP contribution in [0.3, 0.4) is 0 Å². The summed E-state index contributed by atoms with van der Waals surface area (Å²) < 4.78 is 16.0. The van der Waals surface area contributed by atoms with Gasteiger partial charge < -0.3 is 25.3 Å². The Bertz CT molecular complexity index is 517. The highest BCUT2D eigenvalue weighted by atomic mass is 16.7. The van der Waals surface area contributed by atoms with Crippen molar-refractivity contribution < 1.29 is 19.0 Å². The predicted octanol–water partition coefficient (Wildman–Crippen LogP) is 2.39. The van der Waals surface area contributed by atoms with Crippen molar-refractivity contribution in [2.75, 3.05) is 24.5 Å². The number of anilines is 2. The first-order valence-electron chi connectivity index (χ1n) is 7.09. The van der Waals surface area contributed by atoms with Crippen LogP contribution in [0.5, 0.6) is 11.5 Å². The number of fused-ring (bicyclic) bond motifs is 1. The molecule has 1 aliphatic rings. The molecular formula is C15H22N2O4. The largest absolute Gasteiger partial charge is 0.454 e. The molecule has 6 heteroatoms. The molecule has 116 valence electrons. The summed E-state index contributed by atoms with van der Waals surface area (Å²) in [5.41, 5.74) is 6.83. The van der Waals surface area contributed by atoms with Crippen LogP contribution in [-0.4, -0.2) is 25.4 Å². The Morgan fingerprint density at radius 3 is 2.67 bits per heavy atom. The number of hydrogen-bond donors (Lipinski definition) is 2. The maximum absolute atomic E-state index is 12.1. The van der Waals surface area contributed by atoms with E-state index in [2.05, 4.69) is 19.2 Å². The van der Waals surface area contributed by atoms with E-state index in [0.29, 0.717) is 35.4 Å². The Labute approximate surface area is 124 Å². The highest BCUT2D eigenvalue weighted by molar-refractivity contribution is 5.97. The van der Waals surface area contributed by atoms with Crippen molar-refractivity contribution in [2.45, 2.75) is 33.3 Å². The lowest BCUT2D eigenvalue weighted by Gasteiger charge is -2.15. The van der Waals surface area contributed by atoms with Crippen molar-refractivity contribution >= 4 is 17.3 Å². The van der Waals surface area contributed by atoms with Gasteiger partial charge in [-0.2, -0.15) is 0 Å². The van der Waals surface area contributed by atoms with Crippen molar-refractivity contribution in [3.63, 3.8) is 0 Å². The fourth-order valence-corrected chi connectivity index (χ4v) is 1.86. The molecule has 0 spiro atoms. The fraction of sp³-hybridized carbons (Fsp3) is 0.533. The van der Waals surface area contributed by atoms with Crippen molar-refractivity contribution in [3.05, 3.63) is 12.1 Å². The third-order valence-electron chi connectivity index (χ3n) is 3.23. The first-order valence-corrected chi connectivity index (χ1v) is 7.09. The number of ether oxygens (including phenoxy) is 3. The summed E-state index contributed by atoms with van der Waals surface area (Å²) in [4.78, 5) is 12.1. The molecule has 1 heterocycles. The lowest BCUT2D eigenvalue weighted by molar-refractivity contribution is -0.126. The zero-order valence-electron chi connectivity index (χ0n) is 12.6. The molecule has 1 atom stereocenters. The second-order valence-electron chi connectivity index (χ2n) is 5.48. The monoisotopic (exact) mass is 294 g/mol. The van der Waals surface area contributed by atoms with Crippen LogP contribution in [0.2, 0.25) is 0 Å². The second kappa shape index (κ2) is 6.67. The first kappa shape index (κ1) is 15.4. The molecule has 0 aromatic heterocycles. The molecule has 1 amide bonds. The molecule has 0 radical (unpaired) electrons. The summed E-state index contributed by atoms with van der Waals surface area (Å²) in [6, 6.07) is 3.30. The van der Waals surface area contributed by atoms with Crippen LogP contribution >= 0.6 is 0 Å². The molecule has 6 nitrogen and oxygen atoms in total. The summed E-state index contributed by atoms with van der Waals surface area (Å²) in [5, 5.41) is 2.75. The van der Waals surface area contributed by atoms with Crippen LogP contribution in [0.1, 0.15) is 27.2 Å². The van der Waals surface area contributed by atoms with E-state index < -0.39 is 6.10 Å². The number of carbonyl (C=O) groups excluding carboxylic acids is 1. The van der Waals surface area contributed by atoms with Gasteiger partial charge >= 0.3 is 0 Å². The van der Waals surface area contributed by atoms with Gasteiger partial charge in [-0.1, -0.05) is 13.8 Å². The van der Waals surface area contributed by atoms with E-state index in [-0.39, 0.29) is 12.7 Å². The van der Waals surface area contributed by atoms with Gasteiger partial charge in [0.1, 0.15) is 6.10 Å². The van der Waals surface area contributed by atoms with Crippen LogP contribution in [0.25, 0.3) is 0 Å². The standard InChI is InChI=1S/C15H22N2O4/c1-9(2)4-5-19-10(3)15(18)17-12-7-14-13(6-11(12)16)20-8-21-14/h6-7,9-10H,4-5,8,16H2,1-3H3,(H,17,18). The molecule has 1 aliphatic heterocycles. The van der Waals surface area contributed by atoms with E-state index in [1.54, 1.807) is 19.1 Å². The van der Waals surface area contributed by atoms with E-state index in [0.717, 1.165) is 6.42 Å². The van der Waals surface area contributed by atoms with Crippen molar-refractivity contribution in [1.82, 2.24) is 0 Å². The molecule has 2 rings (SSSR count). The minimum Gasteiger partial charge on any atom is -0.454 e. The lowest BCUT2D eigenvalue weighted by Crippen LogP contribution is -2.28. The van der Waals surface area contributed by atoms with Gasteiger partial charge in [-0.25, -0.2) is 0 Å². The van der Waals surface area contributed by atoms with Gasteiger partial charge in [0.05, 0.1) is 11.4 Å². The van der Waals surface area contributed by atoms with Gasteiger partial charge in [0.2, 0.25) is 6.79 Å². The topological polar surface area (TPSA) is 82.8 Å². The number of nitrogen functional groups attached to an aromatic ring is 1. The zero-order chi connectivity index (χ0) is 15.4. The average Bonchev–Trinajstić information content (AvgIpc) is 2.85. The van der Waals surface area contributed by atoms with Gasteiger partial charge in [-0.15, -0.1) is 0 Å². The van der Waals surface area contributed by atoms with E-state index >= 15 is 0 Å². The Kier molecular flexibility index (Phi) is 4.90. The number of hydrogen-bond acceptors (Lipinski definition) is 5. The minimum atomic E-state index is -0.534. The first-order chi connectivity index (χ1) is 9.97. The smallest absolute Gasteiger partial charge is 0.253 e. The molecule has 0 saturated carbocycles. The van der Waals surface area contributed by atoms with Crippen LogP contribution in [0, 0.1) is 5.92 Å². The third-order valence-corrected chi connectivity index (χ3v) is 3.23. The van der Waals surface area contributed by atoms with Gasteiger partial charge in [-0.05, 0) is 19.3 Å². The molecule has 0 fully saturated rings. The maximum atomic E-state index is 12.1. The molecule has 1 unspecified atom stereocenters. The highest BCUT2D eigenvalue weighted by Gasteiger charge is 2.19. The summed E-state index contributed by atoms with van der Waals surface area (Å²) in [6.07, 6.45) is 0.387. The molecule has 3 N–H and O–H groups in total. The Morgan fingerprint density at radius 1 is 1.33 bits per heavy atom. The number of amides is 1. The van der Waals surface area contributed by atoms with Gasteiger partial charge in [0.15, 0.2) is 11.5 Å². The second-order valence-corrected chi connectivity index (χ2v) is 5.48. The maximum Gasteiger partial charge on any atom is 0.253 e. The van der Waals surface area contributed by atoms with Crippen molar-refractivity contribution in [1.29, 1.82) is 0 Å².